The van der Waals surface area contributed by atoms with Crippen molar-refractivity contribution in [3.8, 4) is 5.75 Å². The number of para-hydroxylation sites is 1. The molecule has 0 spiro atoms. The summed E-state index contributed by atoms with van der Waals surface area (Å²) in [5.74, 6) is -0.529. The van der Waals surface area contributed by atoms with Gasteiger partial charge < -0.3 is 14.8 Å². The molecule has 0 bridgehead atoms. The summed E-state index contributed by atoms with van der Waals surface area (Å²) in [6.45, 7) is -0.244. The first-order valence-corrected chi connectivity index (χ1v) is 7.76. The number of amides is 1. The molecule has 24 heavy (non-hydrogen) atoms. The minimum absolute atomic E-state index is 0.244. The van der Waals surface area contributed by atoms with E-state index in [1.54, 1.807) is 24.3 Å². The van der Waals surface area contributed by atoms with Crippen molar-refractivity contribution in [1.29, 1.82) is 0 Å². The van der Waals surface area contributed by atoms with Crippen LogP contribution in [0, 0.1) is 0 Å². The number of hydrogen-bond acceptors (Lipinski definition) is 4. The average molecular weight is 348 g/mol. The first kappa shape index (κ1) is 17.8. The van der Waals surface area contributed by atoms with Gasteiger partial charge in [0.15, 0.2) is 6.61 Å². The third-order valence-corrected chi connectivity index (χ3v) is 3.61. The van der Waals surface area contributed by atoms with Crippen LogP contribution in [0.1, 0.15) is 5.56 Å². The average Bonchev–Trinajstić information content (AvgIpc) is 2.60. The van der Waals surface area contributed by atoms with E-state index < -0.39 is 17.9 Å². The van der Waals surface area contributed by atoms with Gasteiger partial charge in [0.25, 0.3) is 5.91 Å². The number of esters is 1. The van der Waals surface area contributed by atoms with Gasteiger partial charge in [-0.05, 0) is 17.7 Å². The summed E-state index contributed by atoms with van der Waals surface area (Å²) < 4.78 is 10.1. The van der Waals surface area contributed by atoms with Gasteiger partial charge in [-0.3, -0.25) is 4.79 Å². The summed E-state index contributed by atoms with van der Waals surface area (Å²) in [5.41, 5.74) is 0.917. The molecule has 1 amide bonds. The van der Waals surface area contributed by atoms with Crippen molar-refractivity contribution in [2.24, 2.45) is 0 Å². The number of rotatable bonds is 7. The Morgan fingerprint density at radius 1 is 1.08 bits per heavy atom. The maximum Gasteiger partial charge on any atom is 0.328 e. The molecule has 0 radical (unpaired) electrons. The van der Waals surface area contributed by atoms with E-state index in [1.165, 1.54) is 7.11 Å². The Bertz CT molecular complexity index is 690. The van der Waals surface area contributed by atoms with Crippen molar-refractivity contribution in [2.45, 2.75) is 12.5 Å². The summed E-state index contributed by atoms with van der Waals surface area (Å²) in [5, 5.41) is 3.04. The molecule has 0 heterocycles. The fraction of sp³-hybridized carbons (Fsp3) is 0.222. The van der Waals surface area contributed by atoms with Crippen LogP contribution in [0.3, 0.4) is 0 Å². The summed E-state index contributed by atoms with van der Waals surface area (Å²) in [6.07, 6.45) is 0.339. The Hall–Kier alpha value is -2.53. The van der Waals surface area contributed by atoms with E-state index >= 15 is 0 Å². The predicted molar refractivity (Wildman–Crippen MR) is 91.0 cm³/mol. The molecule has 0 aliphatic carbocycles. The lowest BCUT2D eigenvalue weighted by molar-refractivity contribution is -0.145. The van der Waals surface area contributed by atoms with Gasteiger partial charge in [-0.2, -0.15) is 0 Å². The van der Waals surface area contributed by atoms with E-state index in [9.17, 15) is 9.59 Å². The smallest absolute Gasteiger partial charge is 0.328 e. The molecule has 2 rings (SSSR count). The minimum Gasteiger partial charge on any atom is -0.482 e. The second kappa shape index (κ2) is 8.93. The first-order chi connectivity index (χ1) is 11.6. The summed E-state index contributed by atoms with van der Waals surface area (Å²) in [6, 6.07) is 15.4. The van der Waals surface area contributed by atoms with Gasteiger partial charge in [0.2, 0.25) is 0 Å². The van der Waals surface area contributed by atoms with E-state index in [-0.39, 0.29) is 6.61 Å². The Labute approximate surface area is 145 Å². The van der Waals surface area contributed by atoms with Gasteiger partial charge in [0.05, 0.1) is 12.1 Å². The molecule has 1 unspecified atom stereocenters. The highest BCUT2D eigenvalue weighted by Crippen LogP contribution is 2.22. The van der Waals surface area contributed by atoms with Crippen LogP contribution in [0.5, 0.6) is 5.75 Å². The van der Waals surface area contributed by atoms with Crippen LogP contribution in [-0.4, -0.2) is 31.6 Å². The number of ether oxygens (including phenoxy) is 2. The summed E-state index contributed by atoms with van der Waals surface area (Å²) in [7, 11) is 1.28. The van der Waals surface area contributed by atoms with Gasteiger partial charge in [-0.25, -0.2) is 4.79 Å². The Kier molecular flexibility index (Phi) is 6.63. The maximum atomic E-state index is 12.1. The zero-order valence-electron chi connectivity index (χ0n) is 13.2. The molecule has 6 heteroatoms. The number of carbonyl (C=O) groups is 2. The lowest BCUT2D eigenvalue weighted by atomic mass is 10.1. The van der Waals surface area contributed by atoms with E-state index in [1.807, 2.05) is 30.3 Å². The molecule has 5 nitrogen and oxygen atoms in total. The zero-order valence-corrected chi connectivity index (χ0v) is 14.0. The molecule has 0 saturated heterocycles. The third-order valence-electron chi connectivity index (χ3n) is 3.30. The SMILES string of the molecule is COC(=O)C(Cc1ccccc1)NC(=O)COc1ccccc1Cl. The number of methoxy groups -OCH3 is 1. The highest BCUT2D eigenvalue weighted by atomic mass is 35.5. The Morgan fingerprint density at radius 3 is 2.42 bits per heavy atom. The van der Waals surface area contributed by atoms with Crippen LogP contribution >= 0.6 is 11.6 Å². The fourth-order valence-corrected chi connectivity index (χ4v) is 2.32. The van der Waals surface area contributed by atoms with Crippen molar-refractivity contribution < 1.29 is 19.1 Å². The van der Waals surface area contributed by atoms with E-state index in [4.69, 9.17) is 21.1 Å². The van der Waals surface area contributed by atoms with Crippen LogP contribution < -0.4 is 10.1 Å². The van der Waals surface area contributed by atoms with Gasteiger partial charge in [-0.1, -0.05) is 54.1 Å². The largest absolute Gasteiger partial charge is 0.482 e. The van der Waals surface area contributed by atoms with Gasteiger partial charge in [0.1, 0.15) is 11.8 Å². The molecule has 0 aromatic heterocycles. The lowest BCUT2D eigenvalue weighted by Gasteiger charge is -2.17. The van der Waals surface area contributed by atoms with Gasteiger partial charge >= 0.3 is 5.97 Å². The molecule has 0 fully saturated rings. The predicted octanol–water partition coefficient (Wildman–Crippen LogP) is 2.62. The van der Waals surface area contributed by atoms with E-state index in [0.29, 0.717) is 17.2 Å². The molecule has 0 aliphatic rings. The van der Waals surface area contributed by atoms with Crippen LogP contribution in [0.2, 0.25) is 5.02 Å². The number of halogens is 1. The van der Waals surface area contributed by atoms with Crippen LogP contribution in [0.15, 0.2) is 54.6 Å². The van der Waals surface area contributed by atoms with E-state index in [0.717, 1.165) is 5.56 Å². The van der Waals surface area contributed by atoms with Crippen molar-refractivity contribution >= 4 is 23.5 Å². The highest BCUT2D eigenvalue weighted by Gasteiger charge is 2.22. The quantitative estimate of drug-likeness (QED) is 0.782. The number of carbonyl (C=O) groups excluding carboxylic acids is 2. The summed E-state index contributed by atoms with van der Waals surface area (Å²) in [4.78, 5) is 23.9. The monoisotopic (exact) mass is 347 g/mol. The Balaban J connectivity index is 1.94. The molecule has 0 aliphatic heterocycles. The number of benzene rings is 2. The topological polar surface area (TPSA) is 64.6 Å². The molecular weight excluding hydrogens is 330 g/mol. The maximum absolute atomic E-state index is 12.1. The highest BCUT2D eigenvalue weighted by molar-refractivity contribution is 6.32. The molecule has 126 valence electrons. The Morgan fingerprint density at radius 2 is 1.75 bits per heavy atom. The van der Waals surface area contributed by atoms with E-state index in [2.05, 4.69) is 5.32 Å². The van der Waals surface area contributed by atoms with Crippen molar-refractivity contribution in [2.75, 3.05) is 13.7 Å². The number of nitrogens with one attached hydrogen (secondary N) is 1. The first-order valence-electron chi connectivity index (χ1n) is 7.38. The minimum atomic E-state index is -0.778. The number of hydrogen-bond donors (Lipinski definition) is 1. The lowest BCUT2D eigenvalue weighted by Crippen LogP contribution is -2.44. The third kappa shape index (κ3) is 5.28. The molecule has 1 N–H and O–H groups in total. The molecule has 2 aromatic rings. The second-order valence-corrected chi connectivity index (χ2v) is 5.46. The van der Waals surface area contributed by atoms with Crippen LogP contribution in [-0.2, 0) is 20.7 Å². The standard InChI is InChI=1S/C18H18ClNO4/c1-23-18(22)15(11-13-7-3-2-4-8-13)20-17(21)12-24-16-10-6-5-9-14(16)19/h2-10,15H,11-12H2,1H3,(H,20,21). The van der Waals surface area contributed by atoms with Crippen LogP contribution in [0.25, 0.3) is 0 Å². The summed E-state index contributed by atoms with van der Waals surface area (Å²) >= 11 is 5.96. The van der Waals surface area contributed by atoms with Crippen LogP contribution in [0.4, 0.5) is 0 Å². The fourth-order valence-electron chi connectivity index (χ4n) is 2.13. The molecule has 0 saturated carbocycles. The molecule has 1 atom stereocenters. The van der Waals surface area contributed by atoms with Crippen molar-refractivity contribution in [1.82, 2.24) is 5.32 Å². The zero-order chi connectivity index (χ0) is 17.4. The second-order valence-electron chi connectivity index (χ2n) is 5.05. The van der Waals surface area contributed by atoms with Gasteiger partial charge in [0, 0.05) is 6.42 Å². The molecule has 2 aromatic carbocycles. The molecular formula is C18H18ClNO4. The van der Waals surface area contributed by atoms with Crippen molar-refractivity contribution in [3.63, 3.8) is 0 Å². The normalized spacial score (nSPS) is 11.4. The van der Waals surface area contributed by atoms with Crippen molar-refractivity contribution in [3.05, 3.63) is 65.2 Å². The van der Waals surface area contributed by atoms with Gasteiger partial charge in [-0.15, -0.1) is 0 Å².